The van der Waals surface area contributed by atoms with Crippen molar-refractivity contribution in [2.75, 3.05) is 20.2 Å². The molecule has 0 bridgehead atoms. The van der Waals surface area contributed by atoms with Crippen LogP contribution in [0.5, 0.6) is 5.75 Å². The monoisotopic (exact) mass is 249 g/mol. The molecule has 1 aromatic carbocycles. The largest absolute Gasteiger partial charge is 0.497 e. The Morgan fingerprint density at radius 2 is 2.17 bits per heavy atom. The number of hydrogen-bond donors (Lipinski definition) is 2. The quantitative estimate of drug-likeness (QED) is 0.811. The lowest BCUT2D eigenvalue weighted by Gasteiger charge is -2.23. The Bertz CT molecular complexity index is 405. The van der Waals surface area contributed by atoms with Crippen LogP contribution in [0.1, 0.15) is 24.4 Å². The fourth-order valence-electron chi connectivity index (χ4n) is 2.17. The van der Waals surface area contributed by atoms with Crippen molar-refractivity contribution in [1.82, 2.24) is 10.4 Å². The lowest BCUT2D eigenvalue weighted by molar-refractivity contribution is -0.121. The summed E-state index contributed by atoms with van der Waals surface area (Å²) in [6, 6.07) is 7.92. The van der Waals surface area contributed by atoms with E-state index >= 15 is 0 Å². The number of benzene rings is 1. The second kappa shape index (κ2) is 5.84. The van der Waals surface area contributed by atoms with Crippen molar-refractivity contribution in [1.29, 1.82) is 0 Å². The van der Waals surface area contributed by atoms with Gasteiger partial charge in [-0.1, -0.05) is 12.1 Å². The van der Waals surface area contributed by atoms with Gasteiger partial charge in [-0.05, 0) is 30.7 Å². The Morgan fingerprint density at radius 3 is 2.78 bits per heavy atom. The molecule has 5 heteroatoms. The van der Waals surface area contributed by atoms with Gasteiger partial charge in [-0.25, -0.2) is 5.01 Å². The minimum atomic E-state index is 0.0628. The number of rotatable bonds is 5. The summed E-state index contributed by atoms with van der Waals surface area (Å²) >= 11 is 0. The molecule has 18 heavy (non-hydrogen) atoms. The highest BCUT2D eigenvalue weighted by molar-refractivity contribution is 5.78. The number of carbonyl (C=O) groups excluding carboxylic acids is 1. The topological polar surface area (TPSA) is 67.6 Å². The predicted molar refractivity (Wildman–Crippen MR) is 68.9 cm³/mol. The molecule has 1 aromatic rings. The van der Waals surface area contributed by atoms with E-state index in [2.05, 4.69) is 5.43 Å². The fraction of sp³-hybridized carbons (Fsp3) is 0.462. The van der Waals surface area contributed by atoms with E-state index in [0.717, 1.165) is 24.3 Å². The number of amides is 1. The molecule has 1 fully saturated rings. The SMILES string of the molecule is COc1ccc(C2CC(=O)NN2CCCN)cc1. The molecule has 98 valence electrons. The smallest absolute Gasteiger partial charge is 0.236 e. The van der Waals surface area contributed by atoms with E-state index in [1.165, 1.54) is 0 Å². The number of hydrazine groups is 1. The summed E-state index contributed by atoms with van der Waals surface area (Å²) in [6.45, 7) is 1.40. The Kier molecular flexibility index (Phi) is 4.17. The van der Waals surface area contributed by atoms with Crippen molar-refractivity contribution in [3.05, 3.63) is 29.8 Å². The molecule has 0 aliphatic carbocycles. The molecule has 1 heterocycles. The minimum absolute atomic E-state index is 0.0628. The number of nitrogens with one attached hydrogen (secondary N) is 1. The molecule has 5 nitrogen and oxygen atoms in total. The number of nitrogens with two attached hydrogens (primary N) is 1. The first-order chi connectivity index (χ1) is 8.74. The van der Waals surface area contributed by atoms with E-state index in [4.69, 9.17) is 10.5 Å². The highest BCUT2D eigenvalue weighted by atomic mass is 16.5. The van der Waals surface area contributed by atoms with Crippen molar-refractivity contribution in [3.63, 3.8) is 0 Å². The Balaban J connectivity index is 2.10. The lowest BCUT2D eigenvalue weighted by atomic mass is 10.0. The van der Waals surface area contributed by atoms with E-state index in [0.29, 0.717) is 13.0 Å². The van der Waals surface area contributed by atoms with Crippen LogP contribution in [-0.4, -0.2) is 31.1 Å². The summed E-state index contributed by atoms with van der Waals surface area (Å²) in [5.74, 6) is 0.886. The molecule has 1 amide bonds. The van der Waals surface area contributed by atoms with Gasteiger partial charge in [0.2, 0.25) is 5.91 Å². The second-order valence-electron chi connectivity index (χ2n) is 4.36. The van der Waals surface area contributed by atoms with E-state index < -0.39 is 0 Å². The van der Waals surface area contributed by atoms with Gasteiger partial charge in [0.25, 0.3) is 0 Å². The molecule has 1 unspecified atom stereocenters. The standard InChI is InChI=1S/C13H19N3O2/c1-18-11-5-3-10(4-6-11)12-9-13(17)15-16(12)8-2-7-14/h3-6,12H,2,7-9,14H2,1H3,(H,15,17). The number of methoxy groups -OCH3 is 1. The molecule has 1 atom stereocenters. The van der Waals surface area contributed by atoms with E-state index in [1.807, 2.05) is 29.3 Å². The summed E-state index contributed by atoms with van der Waals surface area (Å²) < 4.78 is 5.13. The third-order valence-corrected chi connectivity index (χ3v) is 3.13. The van der Waals surface area contributed by atoms with Crippen LogP contribution in [0.4, 0.5) is 0 Å². The van der Waals surface area contributed by atoms with Gasteiger partial charge in [-0.3, -0.25) is 10.2 Å². The number of nitrogens with zero attached hydrogens (tertiary/aromatic N) is 1. The average Bonchev–Trinajstić information content (AvgIpc) is 2.77. The third-order valence-electron chi connectivity index (χ3n) is 3.13. The lowest BCUT2D eigenvalue weighted by Crippen LogP contribution is -2.36. The van der Waals surface area contributed by atoms with Crippen LogP contribution in [0.25, 0.3) is 0 Å². The third kappa shape index (κ3) is 2.80. The van der Waals surface area contributed by atoms with Crippen LogP contribution < -0.4 is 15.9 Å². The maximum atomic E-state index is 11.5. The molecule has 0 spiro atoms. The van der Waals surface area contributed by atoms with Gasteiger partial charge in [0.15, 0.2) is 0 Å². The Hall–Kier alpha value is -1.59. The van der Waals surface area contributed by atoms with Crippen LogP contribution in [0, 0.1) is 0 Å². The fourth-order valence-corrected chi connectivity index (χ4v) is 2.17. The van der Waals surface area contributed by atoms with Gasteiger partial charge < -0.3 is 10.5 Å². The molecule has 1 aliphatic heterocycles. The molecular formula is C13H19N3O2. The second-order valence-corrected chi connectivity index (χ2v) is 4.36. The molecule has 0 aromatic heterocycles. The van der Waals surface area contributed by atoms with Crippen molar-refractivity contribution in [2.45, 2.75) is 18.9 Å². The van der Waals surface area contributed by atoms with Crippen molar-refractivity contribution < 1.29 is 9.53 Å². The maximum absolute atomic E-state index is 11.5. The van der Waals surface area contributed by atoms with Crippen LogP contribution >= 0.6 is 0 Å². The van der Waals surface area contributed by atoms with Crippen molar-refractivity contribution in [3.8, 4) is 5.75 Å². The van der Waals surface area contributed by atoms with E-state index in [1.54, 1.807) is 7.11 Å². The first-order valence-electron chi connectivity index (χ1n) is 6.14. The first kappa shape index (κ1) is 12.9. The Labute approximate surface area is 107 Å². The summed E-state index contributed by atoms with van der Waals surface area (Å²) in [7, 11) is 1.64. The van der Waals surface area contributed by atoms with Crippen molar-refractivity contribution in [2.24, 2.45) is 5.73 Å². The van der Waals surface area contributed by atoms with Crippen LogP contribution in [-0.2, 0) is 4.79 Å². The Morgan fingerprint density at radius 1 is 1.44 bits per heavy atom. The van der Waals surface area contributed by atoms with E-state index in [-0.39, 0.29) is 11.9 Å². The van der Waals surface area contributed by atoms with Gasteiger partial charge >= 0.3 is 0 Å². The predicted octanol–water partition coefficient (Wildman–Crippen LogP) is 0.822. The minimum Gasteiger partial charge on any atom is -0.497 e. The van der Waals surface area contributed by atoms with Gasteiger partial charge in [0.1, 0.15) is 5.75 Å². The van der Waals surface area contributed by atoms with Crippen LogP contribution in [0.15, 0.2) is 24.3 Å². The zero-order valence-electron chi connectivity index (χ0n) is 10.6. The van der Waals surface area contributed by atoms with Gasteiger partial charge in [-0.2, -0.15) is 0 Å². The number of hydrogen-bond acceptors (Lipinski definition) is 4. The number of carbonyl (C=O) groups is 1. The van der Waals surface area contributed by atoms with E-state index in [9.17, 15) is 4.79 Å². The molecule has 1 saturated heterocycles. The number of ether oxygens (including phenoxy) is 1. The van der Waals surface area contributed by atoms with Crippen LogP contribution in [0.3, 0.4) is 0 Å². The molecule has 0 radical (unpaired) electrons. The van der Waals surface area contributed by atoms with Gasteiger partial charge in [0.05, 0.1) is 13.2 Å². The average molecular weight is 249 g/mol. The van der Waals surface area contributed by atoms with Gasteiger partial charge in [-0.15, -0.1) is 0 Å². The normalized spacial score (nSPS) is 19.9. The molecular weight excluding hydrogens is 230 g/mol. The summed E-state index contributed by atoms with van der Waals surface area (Å²) in [4.78, 5) is 11.5. The molecule has 0 saturated carbocycles. The zero-order chi connectivity index (χ0) is 13.0. The van der Waals surface area contributed by atoms with Gasteiger partial charge in [0, 0.05) is 13.0 Å². The molecule has 2 rings (SSSR count). The molecule has 3 N–H and O–H groups in total. The molecule has 1 aliphatic rings. The summed E-state index contributed by atoms with van der Waals surface area (Å²) in [5.41, 5.74) is 9.50. The summed E-state index contributed by atoms with van der Waals surface area (Å²) in [6.07, 6.45) is 1.36. The highest BCUT2D eigenvalue weighted by Crippen LogP contribution is 2.28. The van der Waals surface area contributed by atoms with Crippen molar-refractivity contribution >= 4 is 5.91 Å². The highest BCUT2D eigenvalue weighted by Gasteiger charge is 2.30. The summed E-state index contributed by atoms with van der Waals surface area (Å²) in [5, 5.41) is 1.97. The zero-order valence-corrected chi connectivity index (χ0v) is 10.6. The van der Waals surface area contributed by atoms with Crippen LogP contribution in [0.2, 0.25) is 0 Å². The maximum Gasteiger partial charge on any atom is 0.236 e. The first-order valence-corrected chi connectivity index (χ1v) is 6.14.